The summed E-state index contributed by atoms with van der Waals surface area (Å²) in [6.07, 6.45) is 4.75. The van der Waals surface area contributed by atoms with Crippen LogP contribution in [0.25, 0.3) is 0 Å². The minimum Gasteiger partial charge on any atom is -0.497 e. The van der Waals surface area contributed by atoms with E-state index in [0.717, 1.165) is 52.6 Å². The van der Waals surface area contributed by atoms with E-state index < -0.39 is 6.04 Å². The Morgan fingerprint density at radius 1 is 0.947 bits per heavy atom. The molecule has 0 bridgehead atoms. The maximum absolute atomic E-state index is 13.8. The molecular formula is C31H35BrN2O3S. The molecule has 5 nitrogen and oxygen atoms in total. The monoisotopic (exact) mass is 594 g/mol. The van der Waals surface area contributed by atoms with Crippen molar-refractivity contribution in [2.45, 2.75) is 56.5 Å². The summed E-state index contributed by atoms with van der Waals surface area (Å²) in [5.41, 5.74) is 3.16. The number of carbonyl (C=O) groups is 2. The fourth-order valence-electron chi connectivity index (χ4n) is 4.77. The van der Waals surface area contributed by atoms with E-state index in [1.807, 2.05) is 78.9 Å². The highest BCUT2D eigenvalue weighted by atomic mass is 79.9. The Bertz CT molecular complexity index is 1170. The highest BCUT2D eigenvalue weighted by molar-refractivity contribution is 9.10. The second-order valence-electron chi connectivity index (χ2n) is 9.68. The highest BCUT2D eigenvalue weighted by Crippen LogP contribution is 2.22. The average molecular weight is 596 g/mol. The van der Waals surface area contributed by atoms with Gasteiger partial charge in [-0.25, -0.2) is 0 Å². The number of nitrogens with one attached hydrogen (secondary N) is 1. The van der Waals surface area contributed by atoms with Gasteiger partial charge in [0, 0.05) is 29.2 Å². The first-order chi connectivity index (χ1) is 18.5. The third-order valence-electron chi connectivity index (χ3n) is 6.89. The summed E-state index contributed by atoms with van der Waals surface area (Å²) in [5.74, 6) is 1.72. The van der Waals surface area contributed by atoms with E-state index in [1.54, 1.807) is 23.8 Å². The van der Waals surface area contributed by atoms with E-state index in [4.69, 9.17) is 4.74 Å². The maximum atomic E-state index is 13.8. The standard InChI is InChI=1S/C31H35BrN2O3S/c1-37-28-17-13-25(14-18-28)21-38-22-30(35)34(20-24-11-15-26(32)16-12-24)29(19-23-7-3-2-4-8-23)31(36)33-27-9-5-6-10-27/h2-4,7-8,11-18,27,29H,5-6,9-10,19-22H2,1H3,(H,33,36). The quantitative estimate of drug-likeness (QED) is 0.264. The van der Waals surface area contributed by atoms with Crippen LogP contribution in [0.1, 0.15) is 42.4 Å². The molecule has 0 radical (unpaired) electrons. The van der Waals surface area contributed by atoms with Crippen molar-refractivity contribution in [2.75, 3.05) is 12.9 Å². The Labute approximate surface area is 238 Å². The smallest absolute Gasteiger partial charge is 0.243 e. The average Bonchev–Trinajstić information content (AvgIpc) is 3.45. The number of nitrogens with zero attached hydrogens (tertiary/aromatic N) is 1. The molecule has 1 aliphatic carbocycles. The minimum atomic E-state index is -0.587. The van der Waals surface area contributed by atoms with E-state index in [9.17, 15) is 9.59 Å². The number of halogens is 1. The topological polar surface area (TPSA) is 58.6 Å². The number of amides is 2. The van der Waals surface area contributed by atoms with Gasteiger partial charge in [-0.15, -0.1) is 11.8 Å². The molecule has 1 atom stereocenters. The molecule has 1 unspecified atom stereocenters. The molecule has 3 aromatic rings. The van der Waals surface area contributed by atoms with Gasteiger partial charge in [-0.2, -0.15) is 0 Å². The third kappa shape index (κ3) is 8.37. The lowest BCUT2D eigenvalue weighted by atomic mass is 10.0. The predicted octanol–water partition coefficient (Wildman–Crippen LogP) is 6.39. The first-order valence-corrected chi connectivity index (χ1v) is 15.1. The van der Waals surface area contributed by atoms with Crippen molar-refractivity contribution < 1.29 is 14.3 Å². The van der Waals surface area contributed by atoms with Crippen molar-refractivity contribution in [3.05, 3.63) is 100 Å². The normalized spacial score (nSPS) is 14.2. The summed E-state index contributed by atoms with van der Waals surface area (Å²) in [6.45, 7) is 0.380. The molecule has 1 saturated carbocycles. The molecule has 2 amide bonds. The van der Waals surface area contributed by atoms with E-state index in [2.05, 4.69) is 21.2 Å². The molecule has 0 spiro atoms. The number of rotatable bonds is 12. The molecule has 0 aliphatic heterocycles. The van der Waals surface area contributed by atoms with Crippen LogP contribution in [0.5, 0.6) is 5.75 Å². The van der Waals surface area contributed by atoms with Gasteiger partial charge in [0.15, 0.2) is 0 Å². The van der Waals surface area contributed by atoms with Gasteiger partial charge in [0.25, 0.3) is 0 Å². The van der Waals surface area contributed by atoms with E-state index >= 15 is 0 Å². The van der Waals surface area contributed by atoms with Crippen LogP contribution in [-0.4, -0.2) is 41.7 Å². The van der Waals surface area contributed by atoms with E-state index in [-0.39, 0.29) is 17.9 Å². The van der Waals surface area contributed by atoms with Crippen molar-refractivity contribution >= 4 is 39.5 Å². The Balaban J connectivity index is 1.54. The summed E-state index contributed by atoms with van der Waals surface area (Å²) in [7, 11) is 1.65. The number of thioether (sulfide) groups is 1. The molecule has 38 heavy (non-hydrogen) atoms. The summed E-state index contributed by atoms with van der Waals surface area (Å²) in [6, 6.07) is 25.4. The van der Waals surface area contributed by atoms with Crippen LogP contribution in [0.4, 0.5) is 0 Å². The van der Waals surface area contributed by atoms with Gasteiger partial charge in [0.2, 0.25) is 11.8 Å². The fourth-order valence-corrected chi connectivity index (χ4v) is 5.90. The third-order valence-corrected chi connectivity index (χ3v) is 8.41. The second-order valence-corrected chi connectivity index (χ2v) is 11.6. The number of hydrogen-bond donors (Lipinski definition) is 1. The van der Waals surface area contributed by atoms with Crippen molar-refractivity contribution in [3.8, 4) is 5.75 Å². The van der Waals surface area contributed by atoms with Gasteiger partial charge < -0.3 is 15.0 Å². The van der Waals surface area contributed by atoms with Crippen molar-refractivity contribution in [1.29, 1.82) is 0 Å². The molecule has 1 N–H and O–H groups in total. The van der Waals surface area contributed by atoms with Crippen LogP contribution in [0.2, 0.25) is 0 Å². The lowest BCUT2D eigenvalue weighted by Crippen LogP contribution is -2.52. The zero-order valence-corrected chi connectivity index (χ0v) is 24.2. The predicted molar refractivity (Wildman–Crippen MR) is 158 cm³/mol. The van der Waals surface area contributed by atoms with Crippen molar-refractivity contribution in [2.24, 2.45) is 0 Å². The molecule has 1 aliphatic rings. The fraction of sp³-hybridized carbons (Fsp3) is 0.355. The summed E-state index contributed by atoms with van der Waals surface area (Å²) >= 11 is 5.06. The Hall–Kier alpha value is -2.77. The Morgan fingerprint density at radius 2 is 1.61 bits per heavy atom. The van der Waals surface area contributed by atoms with Crippen molar-refractivity contribution in [1.82, 2.24) is 10.2 Å². The Morgan fingerprint density at radius 3 is 2.26 bits per heavy atom. The van der Waals surface area contributed by atoms with Crippen molar-refractivity contribution in [3.63, 3.8) is 0 Å². The van der Waals surface area contributed by atoms with Crippen LogP contribution in [0, 0.1) is 0 Å². The first kappa shape index (κ1) is 28.2. The lowest BCUT2D eigenvalue weighted by molar-refractivity contribution is -0.139. The van der Waals surface area contributed by atoms with Crippen LogP contribution < -0.4 is 10.1 Å². The molecule has 7 heteroatoms. The number of methoxy groups -OCH3 is 1. The lowest BCUT2D eigenvalue weighted by Gasteiger charge is -2.32. The van der Waals surface area contributed by atoms with Gasteiger partial charge >= 0.3 is 0 Å². The van der Waals surface area contributed by atoms with Gasteiger partial charge in [-0.3, -0.25) is 9.59 Å². The molecule has 0 heterocycles. The van der Waals surface area contributed by atoms with E-state index in [1.165, 1.54) is 0 Å². The molecule has 4 rings (SSSR count). The highest BCUT2D eigenvalue weighted by Gasteiger charge is 2.32. The maximum Gasteiger partial charge on any atom is 0.243 e. The Kier molecular flexibility index (Phi) is 10.7. The van der Waals surface area contributed by atoms with Gasteiger partial charge in [-0.05, 0) is 53.8 Å². The minimum absolute atomic E-state index is 0.0334. The summed E-state index contributed by atoms with van der Waals surface area (Å²) in [5, 5.41) is 3.26. The molecule has 0 aromatic heterocycles. The zero-order valence-electron chi connectivity index (χ0n) is 21.8. The molecule has 200 valence electrons. The number of ether oxygens (including phenoxy) is 1. The van der Waals surface area contributed by atoms with Crippen LogP contribution in [0.15, 0.2) is 83.3 Å². The largest absolute Gasteiger partial charge is 0.497 e. The molecule has 1 fully saturated rings. The zero-order chi connectivity index (χ0) is 26.7. The van der Waals surface area contributed by atoms with E-state index in [0.29, 0.717) is 24.5 Å². The van der Waals surface area contributed by atoms with Gasteiger partial charge in [0.1, 0.15) is 11.8 Å². The van der Waals surface area contributed by atoms with Gasteiger partial charge in [0.05, 0.1) is 12.9 Å². The second kappa shape index (κ2) is 14.4. The van der Waals surface area contributed by atoms with Crippen LogP contribution >= 0.6 is 27.7 Å². The number of benzene rings is 3. The SMILES string of the molecule is COc1ccc(CSCC(=O)N(Cc2ccc(Br)cc2)C(Cc2ccccc2)C(=O)NC2CCCC2)cc1. The summed E-state index contributed by atoms with van der Waals surface area (Å²) in [4.78, 5) is 29.3. The van der Waals surface area contributed by atoms with Crippen LogP contribution in [0.3, 0.4) is 0 Å². The first-order valence-electron chi connectivity index (χ1n) is 13.1. The van der Waals surface area contributed by atoms with Gasteiger partial charge in [-0.1, -0.05) is 83.4 Å². The summed E-state index contributed by atoms with van der Waals surface area (Å²) < 4.78 is 6.22. The molecular weight excluding hydrogens is 560 g/mol. The van der Waals surface area contributed by atoms with Crippen LogP contribution in [-0.2, 0) is 28.3 Å². The number of carbonyl (C=O) groups excluding carboxylic acids is 2. The molecule has 3 aromatic carbocycles. The number of hydrogen-bond acceptors (Lipinski definition) is 4. The molecule has 0 saturated heterocycles.